The van der Waals surface area contributed by atoms with E-state index in [4.69, 9.17) is 0 Å². The number of carbonyl (C=O) groups excluding carboxylic acids is 1. The minimum absolute atomic E-state index is 0.0466. The summed E-state index contributed by atoms with van der Waals surface area (Å²) in [7, 11) is -3.79. The maximum absolute atomic E-state index is 13.3. The summed E-state index contributed by atoms with van der Waals surface area (Å²) in [6.07, 6.45) is 4.75. The predicted octanol–water partition coefficient (Wildman–Crippen LogP) is 2.10. The number of sulfonamides is 1. The SMILES string of the molecule is CCCCNC(=O)Cn1cnc2sc(C)c(S(=O)(=O)N3CCC(C)CC3)c2c1=O. The van der Waals surface area contributed by atoms with Crippen molar-refractivity contribution in [3.63, 3.8) is 0 Å². The second kappa shape index (κ2) is 8.93. The third-order valence-corrected chi connectivity index (χ3v) is 8.52. The Balaban J connectivity index is 1.97. The van der Waals surface area contributed by atoms with Gasteiger partial charge in [-0.15, -0.1) is 11.3 Å². The van der Waals surface area contributed by atoms with Gasteiger partial charge in [0.1, 0.15) is 16.3 Å². The molecule has 0 spiro atoms. The number of amides is 1. The second-order valence-corrected chi connectivity index (χ2v) is 10.7. The van der Waals surface area contributed by atoms with Crippen molar-refractivity contribution >= 4 is 37.5 Å². The number of rotatable bonds is 7. The molecule has 1 N–H and O–H groups in total. The Bertz CT molecular complexity index is 1050. The van der Waals surface area contributed by atoms with Gasteiger partial charge in [-0.1, -0.05) is 20.3 Å². The molecule has 1 aliphatic rings. The average molecular weight is 441 g/mol. The first-order valence-electron chi connectivity index (χ1n) is 10.0. The molecule has 0 unspecified atom stereocenters. The van der Waals surface area contributed by atoms with Crippen LogP contribution in [0.2, 0.25) is 0 Å². The van der Waals surface area contributed by atoms with E-state index in [9.17, 15) is 18.0 Å². The average Bonchev–Trinajstić information content (AvgIpc) is 3.02. The Hall–Kier alpha value is -1.78. The minimum Gasteiger partial charge on any atom is -0.355 e. The Morgan fingerprint density at radius 1 is 1.34 bits per heavy atom. The van der Waals surface area contributed by atoms with E-state index < -0.39 is 15.6 Å². The first-order chi connectivity index (χ1) is 13.8. The summed E-state index contributed by atoms with van der Waals surface area (Å²) >= 11 is 1.20. The number of thiophene rings is 1. The quantitative estimate of drug-likeness (QED) is 0.665. The van der Waals surface area contributed by atoms with Crippen LogP contribution < -0.4 is 10.9 Å². The lowest BCUT2D eigenvalue weighted by atomic mass is 10.0. The third kappa shape index (κ3) is 4.54. The van der Waals surface area contributed by atoms with Crippen molar-refractivity contribution in [2.75, 3.05) is 19.6 Å². The van der Waals surface area contributed by atoms with Crippen LogP contribution in [0, 0.1) is 12.8 Å². The summed E-state index contributed by atoms with van der Waals surface area (Å²) < 4.78 is 29.3. The molecule has 29 heavy (non-hydrogen) atoms. The third-order valence-electron chi connectivity index (χ3n) is 5.31. The van der Waals surface area contributed by atoms with Crippen molar-refractivity contribution in [1.29, 1.82) is 0 Å². The van der Waals surface area contributed by atoms with Gasteiger partial charge in [-0.2, -0.15) is 4.31 Å². The minimum atomic E-state index is -3.79. The van der Waals surface area contributed by atoms with Gasteiger partial charge in [-0.25, -0.2) is 13.4 Å². The van der Waals surface area contributed by atoms with Gasteiger partial charge in [-0.3, -0.25) is 14.2 Å². The van der Waals surface area contributed by atoms with Gasteiger partial charge in [0.05, 0.1) is 11.7 Å². The first kappa shape index (κ1) is 21.9. The van der Waals surface area contributed by atoms with Gasteiger partial charge in [-0.05, 0) is 32.1 Å². The number of hydrogen-bond donors (Lipinski definition) is 1. The molecule has 1 amide bonds. The molecule has 8 nitrogen and oxygen atoms in total. The Morgan fingerprint density at radius 2 is 2.03 bits per heavy atom. The number of hydrogen-bond acceptors (Lipinski definition) is 6. The molecule has 160 valence electrons. The zero-order chi connectivity index (χ0) is 21.2. The lowest BCUT2D eigenvalue weighted by Gasteiger charge is -2.29. The summed E-state index contributed by atoms with van der Waals surface area (Å²) in [6, 6.07) is 0. The van der Waals surface area contributed by atoms with Crippen LogP contribution in [0.4, 0.5) is 0 Å². The van der Waals surface area contributed by atoms with E-state index in [-0.39, 0.29) is 22.7 Å². The standard InChI is InChI=1S/C19H28N4O4S2/c1-4-5-8-20-15(24)11-22-12-21-18-16(19(22)25)17(14(3)28-18)29(26,27)23-9-6-13(2)7-10-23/h12-13H,4-11H2,1-3H3,(H,20,24). The van der Waals surface area contributed by atoms with E-state index in [2.05, 4.69) is 17.2 Å². The zero-order valence-electron chi connectivity index (χ0n) is 17.1. The molecule has 3 rings (SSSR count). The molecular weight excluding hydrogens is 412 g/mol. The number of unbranched alkanes of at least 4 members (excludes halogenated alkanes) is 1. The molecule has 0 aliphatic carbocycles. The molecule has 1 saturated heterocycles. The van der Waals surface area contributed by atoms with Crippen LogP contribution in [0.1, 0.15) is 44.4 Å². The Kier molecular flexibility index (Phi) is 6.75. The van der Waals surface area contributed by atoms with Gasteiger partial charge in [0.25, 0.3) is 5.56 Å². The molecule has 2 aromatic heterocycles. The highest BCUT2D eigenvalue weighted by molar-refractivity contribution is 7.89. The molecule has 0 atom stereocenters. The summed E-state index contributed by atoms with van der Waals surface area (Å²) in [5, 5.41) is 2.86. The van der Waals surface area contributed by atoms with Gasteiger partial charge in [0.15, 0.2) is 0 Å². The van der Waals surface area contributed by atoms with Crippen molar-refractivity contribution in [3.05, 3.63) is 21.6 Å². The number of nitrogens with zero attached hydrogens (tertiary/aromatic N) is 3. The van der Waals surface area contributed by atoms with Gasteiger partial charge in [0, 0.05) is 24.5 Å². The predicted molar refractivity (Wildman–Crippen MR) is 114 cm³/mol. The van der Waals surface area contributed by atoms with E-state index >= 15 is 0 Å². The first-order valence-corrected chi connectivity index (χ1v) is 12.3. The van der Waals surface area contributed by atoms with Crippen molar-refractivity contribution in [2.24, 2.45) is 5.92 Å². The molecule has 0 radical (unpaired) electrons. The van der Waals surface area contributed by atoms with Crippen molar-refractivity contribution in [2.45, 2.75) is 57.9 Å². The summed E-state index contributed by atoms with van der Waals surface area (Å²) in [4.78, 5) is 30.4. The fourth-order valence-electron chi connectivity index (χ4n) is 3.51. The highest BCUT2D eigenvalue weighted by Crippen LogP contribution is 2.34. The highest BCUT2D eigenvalue weighted by Gasteiger charge is 2.33. The Labute approximate surface area is 175 Å². The molecule has 3 heterocycles. The maximum Gasteiger partial charge on any atom is 0.263 e. The van der Waals surface area contributed by atoms with Crippen LogP contribution in [-0.4, -0.2) is 47.8 Å². The molecule has 0 aromatic carbocycles. The number of carbonyl (C=O) groups is 1. The number of fused-ring (bicyclic) bond motifs is 1. The topological polar surface area (TPSA) is 101 Å². The van der Waals surface area contributed by atoms with Crippen molar-refractivity contribution < 1.29 is 13.2 Å². The van der Waals surface area contributed by atoms with Crippen LogP contribution in [0.15, 0.2) is 16.0 Å². The Morgan fingerprint density at radius 3 is 2.69 bits per heavy atom. The molecular formula is C19H28N4O4S2. The molecule has 1 fully saturated rings. The normalized spacial score (nSPS) is 16.4. The number of nitrogens with one attached hydrogen (secondary N) is 1. The zero-order valence-corrected chi connectivity index (χ0v) is 18.7. The van der Waals surface area contributed by atoms with Crippen molar-refractivity contribution in [3.8, 4) is 0 Å². The lowest BCUT2D eigenvalue weighted by molar-refractivity contribution is -0.121. The van der Waals surface area contributed by atoms with E-state index in [1.807, 2.05) is 6.92 Å². The monoisotopic (exact) mass is 440 g/mol. The lowest BCUT2D eigenvalue weighted by Crippen LogP contribution is -2.38. The number of aromatic nitrogens is 2. The molecule has 10 heteroatoms. The van der Waals surface area contributed by atoms with E-state index in [1.54, 1.807) is 6.92 Å². The van der Waals surface area contributed by atoms with Gasteiger partial charge >= 0.3 is 0 Å². The molecule has 2 aromatic rings. The summed E-state index contributed by atoms with van der Waals surface area (Å²) in [5.74, 6) is 0.204. The number of aryl methyl sites for hydroxylation is 1. The largest absolute Gasteiger partial charge is 0.355 e. The molecule has 0 saturated carbocycles. The van der Waals surface area contributed by atoms with Crippen LogP contribution >= 0.6 is 11.3 Å². The molecule has 0 bridgehead atoms. The van der Waals surface area contributed by atoms with Gasteiger partial charge < -0.3 is 5.32 Å². The van der Waals surface area contributed by atoms with Crippen LogP contribution in [0.5, 0.6) is 0 Å². The van der Waals surface area contributed by atoms with E-state index in [0.29, 0.717) is 35.3 Å². The fraction of sp³-hybridized carbons (Fsp3) is 0.632. The van der Waals surface area contributed by atoms with Gasteiger partial charge in [0.2, 0.25) is 15.9 Å². The van der Waals surface area contributed by atoms with Crippen LogP contribution in [0.25, 0.3) is 10.2 Å². The number of piperidine rings is 1. The second-order valence-electron chi connectivity index (χ2n) is 7.64. The van der Waals surface area contributed by atoms with Crippen LogP contribution in [-0.2, 0) is 21.4 Å². The smallest absolute Gasteiger partial charge is 0.263 e. The summed E-state index contributed by atoms with van der Waals surface area (Å²) in [6.45, 7) is 7.11. The highest BCUT2D eigenvalue weighted by atomic mass is 32.2. The summed E-state index contributed by atoms with van der Waals surface area (Å²) in [5.41, 5.74) is -0.492. The van der Waals surface area contributed by atoms with E-state index in [0.717, 1.165) is 25.7 Å². The molecule has 1 aliphatic heterocycles. The van der Waals surface area contributed by atoms with Crippen molar-refractivity contribution in [1.82, 2.24) is 19.2 Å². The fourth-order valence-corrected chi connectivity index (χ4v) is 6.64. The maximum atomic E-state index is 13.3. The van der Waals surface area contributed by atoms with E-state index in [1.165, 1.54) is 26.5 Å². The van der Waals surface area contributed by atoms with Crippen LogP contribution in [0.3, 0.4) is 0 Å².